The first-order valence-corrected chi connectivity index (χ1v) is 12.5. The van der Waals surface area contributed by atoms with Crippen LogP contribution in [0.3, 0.4) is 0 Å². The minimum Gasteiger partial charge on any atom is -0.388 e. The van der Waals surface area contributed by atoms with Crippen LogP contribution in [-0.2, 0) is 4.74 Å². The number of hydrogen-bond donors (Lipinski definition) is 0. The van der Waals surface area contributed by atoms with E-state index in [1.807, 2.05) is 13.8 Å². The molecule has 0 spiro atoms. The van der Waals surface area contributed by atoms with E-state index in [1.54, 1.807) is 73.7 Å². The van der Waals surface area contributed by atoms with Crippen molar-refractivity contribution in [1.29, 1.82) is 15.8 Å². The molecule has 1 unspecified atom stereocenters. The summed E-state index contributed by atoms with van der Waals surface area (Å²) in [4.78, 5) is 18.6. The van der Waals surface area contributed by atoms with Crippen LogP contribution in [0.5, 0.6) is 0 Å². The molecule has 0 saturated carbocycles. The van der Waals surface area contributed by atoms with Crippen molar-refractivity contribution in [1.82, 2.24) is 9.80 Å². The predicted molar refractivity (Wildman–Crippen MR) is 156 cm³/mol. The lowest BCUT2D eigenvalue weighted by Gasteiger charge is -2.36. The number of likely N-dealkylation sites (N-methyl/N-ethyl adjacent to an activating group) is 1. The number of benzene rings is 1. The topological polar surface area (TPSA) is 107 Å². The number of carbonyl (C=O) groups excluding carboxylic acids is 1. The van der Waals surface area contributed by atoms with Gasteiger partial charge in [0.15, 0.2) is 0 Å². The lowest BCUT2D eigenvalue weighted by Crippen LogP contribution is -2.47. The molecule has 1 aromatic carbocycles. The summed E-state index contributed by atoms with van der Waals surface area (Å²) < 4.78 is 5.14. The molecule has 41 heavy (non-hydrogen) atoms. The zero-order chi connectivity index (χ0) is 30.1. The van der Waals surface area contributed by atoms with Gasteiger partial charge in [-0.2, -0.15) is 10.5 Å². The lowest BCUT2D eigenvalue weighted by atomic mass is 10.0. The number of hydrogen-bond acceptors (Lipinski definition) is 6. The number of aryl methyl sites for hydroxylation is 1. The number of carbonyl (C=O) groups is 1. The van der Waals surface area contributed by atoms with Gasteiger partial charge < -0.3 is 14.5 Å². The molecule has 0 saturated heterocycles. The van der Waals surface area contributed by atoms with E-state index in [2.05, 4.69) is 42.9 Å². The molecular weight excluding hydrogens is 512 g/mol. The minimum absolute atomic E-state index is 0.190. The minimum atomic E-state index is -0.604. The van der Waals surface area contributed by atoms with Gasteiger partial charge in [0, 0.05) is 43.0 Å². The van der Waals surface area contributed by atoms with E-state index in [4.69, 9.17) is 10.00 Å². The Kier molecular flexibility index (Phi) is 9.57. The molecule has 0 aliphatic heterocycles. The third-order valence-corrected chi connectivity index (χ3v) is 6.52. The SMILES string of the molecule is C=CN(C(=C)N(C(=O)N(C)C1C#CC/C(C#N)=C(C)\C=C/1)c1ccc(C)c(C#N)c1)C1=CC(OC#N)=C(C)C=C=C1. The van der Waals surface area contributed by atoms with E-state index in [9.17, 15) is 15.3 Å². The van der Waals surface area contributed by atoms with E-state index in [1.165, 1.54) is 16.0 Å². The molecule has 8 nitrogen and oxygen atoms in total. The smallest absolute Gasteiger partial charge is 0.331 e. The van der Waals surface area contributed by atoms with Crippen molar-refractivity contribution < 1.29 is 9.53 Å². The Bertz CT molecular complexity index is 1680. The molecule has 0 N–H and O–H groups in total. The Hall–Kier alpha value is -5.92. The maximum Gasteiger partial charge on any atom is 0.331 e. The molecule has 8 heteroatoms. The highest BCUT2D eigenvalue weighted by Gasteiger charge is 2.29. The average molecular weight is 541 g/mol. The summed E-state index contributed by atoms with van der Waals surface area (Å²) in [5, 5.41) is 28.2. The number of urea groups is 1. The third-order valence-electron chi connectivity index (χ3n) is 6.52. The Morgan fingerprint density at radius 2 is 1.90 bits per heavy atom. The monoisotopic (exact) mass is 540 g/mol. The van der Waals surface area contributed by atoms with Gasteiger partial charge in [-0.3, -0.25) is 0 Å². The zero-order valence-electron chi connectivity index (χ0n) is 23.4. The first kappa shape index (κ1) is 29.6. The van der Waals surface area contributed by atoms with Gasteiger partial charge in [0.2, 0.25) is 0 Å². The van der Waals surface area contributed by atoms with E-state index in [0.29, 0.717) is 33.9 Å². The number of ether oxygens (including phenoxy) is 1. The maximum absolute atomic E-state index is 14.2. The van der Waals surface area contributed by atoms with Gasteiger partial charge in [0.05, 0.1) is 29.1 Å². The second-order valence-electron chi connectivity index (χ2n) is 9.15. The van der Waals surface area contributed by atoms with E-state index >= 15 is 0 Å². The van der Waals surface area contributed by atoms with Gasteiger partial charge in [0.1, 0.15) is 17.6 Å². The van der Waals surface area contributed by atoms with Gasteiger partial charge >= 0.3 is 6.03 Å². The molecule has 1 aromatic rings. The third kappa shape index (κ3) is 6.57. The van der Waals surface area contributed by atoms with Gasteiger partial charge in [-0.1, -0.05) is 37.1 Å². The molecule has 202 valence electrons. The second-order valence-corrected chi connectivity index (χ2v) is 9.15. The number of nitrogens with zero attached hydrogens (tertiary/aromatic N) is 6. The summed E-state index contributed by atoms with van der Waals surface area (Å²) in [5.74, 6) is 6.55. The molecule has 0 bridgehead atoms. The maximum atomic E-state index is 14.2. The average Bonchev–Trinajstić information content (AvgIpc) is 3.13. The second kappa shape index (κ2) is 13.2. The van der Waals surface area contributed by atoms with E-state index < -0.39 is 12.1 Å². The fourth-order valence-corrected chi connectivity index (χ4v) is 4.02. The normalized spacial score (nSPS) is 18.0. The highest BCUT2D eigenvalue weighted by atomic mass is 16.5. The van der Waals surface area contributed by atoms with Crippen molar-refractivity contribution >= 4 is 11.7 Å². The summed E-state index contributed by atoms with van der Waals surface area (Å²) in [6, 6.07) is 8.35. The number of allylic oxidation sites excluding steroid dienone is 6. The van der Waals surface area contributed by atoms with Crippen LogP contribution in [0.25, 0.3) is 0 Å². The number of anilines is 1. The van der Waals surface area contributed by atoms with Crippen LogP contribution >= 0.6 is 0 Å². The van der Waals surface area contributed by atoms with Gasteiger partial charge in [-0.15, -0.1) is 11.0 Å². The number of nitriles is 3. The first-order chi connectivity index (χ1) is 19.7. The molecule has 2 amide bonds. The summed E-state index contributed by atoms with van der Waals surface area (Å²) in [7, 11) is 1.62. The molecule has 2 aliphatic carbocycles. The Morgan fingerprint density at radius 3 is 2.56 bits per heavy atom. The van der Waals surface area contributed by atoms with Crippen LogP contribution in [-0.4, -0.2) is 28.9 Å². The largest absolute Gasteiger partial charge is 0.388 e. The van der Waals surface area contributed by atoms with Crippen molar-refractivity contribution in [3.8, 4) is 30.2 Å². The van der Waals surface area contributed by atoms with Crippen molar-refractivity contribution in [3.63, 3.8) is 0 Å². The Labute approximate surface area is 240 Å². The van der Waals surface area contributed by atoms with Crippen LogP contribution in [0.4, 0.5) is 10.5 Å². The van der Waals surface area contributed by atoms with Crippen LogP contribution in [0.2, 0.25) is 0 Å². The highest BCUT2D eigenvalue weighted by Crippen LogP contribution is 2.29. The van der Waals surface area contributed by atoms with E-state index in [-0.39, 0.29) is 12.2 Å². The van der Waals surface area contributed by atoms with Crippen LogP contribution < -0.4 is 4.90 Å². The number of rotatable bonds is 7. The fourth-order valence-electron chi connectivity index (χ4n) is 4.02. The van der Waals surface area contributed by atoms with Crippen LogP contribution in [0, 0.1) is 52.9 Å². The predicted octanol–water partition coefficient (Wildman–Crippen LogP) is 6.19. The first-order valence-electron chi connectivity index (χ1n) is 12.5. The van der Waals surface area contributed by atoms with Gasteiger partial charge in [-0.05, 0) is 56.2 Å². The van der Waals surface area contributed by atoms with E-state index in [0.717, 1.165) is 11.1 Å². The summed E-state index contributed by atoms with van der Waals surface area (Å²) >= 11 is 0. The van der Waals surface area contributed by atoms with Crippen molar-refractivity contribution in [2.45, 2.75) is 33.2 Å². The fraction of sp³-hybridized carbons (Fsp3) is 0.182. The Morgan fingerprint density at radius 1 is 1.15 bits per heavy atom. The van der Waals surface area contributed by atoms with Crippen molar-refractivity contribution in [2.75, 3.05) is 11.9 Å². The molecule has 2 aliphatic rings. The van der Waals surface area contributed by atoms with Crippen LogP contribution in [0.15, 0.2) is 108 Å². The standard InChI is InChI=1S/C33H28N6O2/c1-7-38(30-13-8-10-25(4)32(19-30)41-22-36)26(5)39(31-17-15-24(3)28(18-31)21-35)33(40)37(6)29-12-9-11-27(20-34)23(2)14-16-29/h7,10,13-19,29H,1,5,11H2,2-4,6H3/b16-14-,27-23+. The number of amides is 2. The quantitative estimate of drug-likeness (QED) is 0.232. The summed E-state index contributed by atoms with van der Waals surface area (Å²) in [6.45, 7) is 13.6. The highest BCUT2D eigenvalue weighted by molar-refractivity contribution is 5.95. The molecule has 3 rings (SSSR count). The van der Waals surface area contributed by atoms with Crippen LogP contribution in [0.1, 0.15) is 31.4 Å². The zero-order valence-corrected chi connectivity index (χ0v) is 23.4. The molecule has 1 atom stereocenters. The molecular formula is C33H28N6O2. The summed E-state index contributed by atoms with van der Waals surface area (Å²) in [5.41, 5.74) is 7.10. The summed E-state index contributed by atoms with van der Waals surface area (Å²) in [6.07, 6.45) is 11.9. The lowest BCUT2D eigenvalue weighted by molar-refractivity contribution is 0.214. The molecule has 0 radical (unpaired) electrons. The van der Waals surface area contributed by atoms with Gasteiger partial charge in [-0.25, -0.2) is 9.69 Å². The molecule has 0 aromatic heterocycles. The van der Waals surface area contributed by atoms with Gasteiger partial charge in [0.25, 0.3) is 6.26 Å². The Balaban J connectivity index is 2.12. The molecule has 0 heterocycles. The molecule has 0 fully saturated rings. The van der Waals surface area contributed by atoms with Crippen molar-refractivity contribution in [2.24, 2.45) is 0 Å². The van der Waals surface area contributed by atoms with Crippen molar-refractivity contribution in [3.05, 3.63) is 119 Å².